The van der Waals surface area contributed by atoms with Gasteiger partial charge in [0.2, 0.25) is 5.91 Å². The highest BCUT2D eigenvalue weighted by molar-refractivity contribution is 7.91. The number of benzene rings is 1. The maximum atomic E-state index is 12.7. The Morgan fingerprint density at radius 3 is 2.46 bits per heavy atom. The number of piperidine rings is 1. The molecule has 0 unspecified atom stereocenters. The molecule has 10 heteroatoms. The van der Waals surface area contributed by atoms with Crippen LogP contribution < -0.4 is 14.8 Å². The largest absolute Gasteiger partial charge is 0.495 e. The topological polar surface area (TPSA) is 84.9 Å². The minimum Gasteiger partial charge on any atom is -0.495 e. The Labute approximate surface area is 173 Å². The van der Waals surface area contributed by atoms with E-state index < -0.39 is 10.0 Å². The summed E-state index contributed by atoms with van der Waals surface area (Å²) < 4.78 is 37.4. The van der Waals surface area contributed by atoms with Crippen LogP contribution >= 0.6 is 22.9 Å². The van der Waals surface area contributed by atoms with E-state index in [-0.39, 0.29) is 11.8 Å². The number of carbonyl (C=O) groups is 1. The molecule has 2 aromatic rings. The lowest BCUT2D eigenvalue weighted by Gasteiger charge is -2.30. The lowest BCUT2D eigenvalue weighted by molar-refractivity contribution is -0.120. The molecule has 3 rings (SSSR count). The fourth-order valence-corrected chi connectivity index (χ4v) is 5.93. The van der Waals surface area contributed by atoms with E-state index in [9.17, 15) is 13.2 Å². The van der Waals surface area contributed by atoms with Crippen LogP contribution in [0.3, 0.4) is 0 Å². The standard InChI is InChI=1S/C18H21ClN2O5S2/c1-25-15-11-14(16(26-2)10-13(15)19)20-18(22)12-5-7-21(8-6-12)28(23,24)17-4-3-9-27-17/h3-4,9-12H,5-8H2,1-2H3,(H,20,22). The fraction of sp³-hybridized carbons (Fsp3) is 0.389. The molecule has 0 radical (unpaired) electrons. The van der Waals surface area contributed by atoms with Crippen LogP contribution in [-0.2, 0) is 14.8 Å². The third kappa shape index (κ3) is 4.27. The molecule has 1 aliphatic heterocycles. The third-order valence-electron chi connectivity index (χ3n) is 4.65. The van der Waals surface area contributed by atoms with Gasteiger partial charge >= 0.3 is 0 Å². The van der Waals surface area contributed by atoms with E-state index in [0.717, 1.165) is 0 Å². The van der Waals surface area contributed by atoms with Crippen molar-refractivity contribution in [2.24, 2.45) is 5.92 Å². The SMILES string of the molecule is COc1cc(NC(=O)C2CCN(S(=O)(=O)c3cccs3)CC2)c(OC)cc1Cl. The van der Waals surface area contributed by atoms with Crippen LogP contribution in [0.15, 0.2) is 33.9 Å². The molecule has 0 saturated carbocycles. The molecule has 7 nitrogen and oxygen atoms in total. The molecule has 1 aliphatic rings. The molecular weight excluding hydrogens is 424 g/mol. The summed E-state index contributed by atoms with van der Waals surface area (Å²) in [6.07, 6.45) is 0.896. The van der Waals surface area contributed by atoms with Gasteiger partial charge in [0.15, 0.2) is 0 Å². The Balaban J connectivity index is 1.66. The first-order chi connectivity index (χ1) is 13.4. The van der Waals surface area contributed by atoms with E-state index >= 15 is 0 Å². The van der Waals surface area contributed by atoms with Crippen LogP contribution in [0.4, 0.5) is 5.69 Å². The second-order valence-corrected chi connectivity index (χ2v) is 9.81. The molecule has 0 aliphatic carbocycles. The van der Waals surface area contributed by atoms with Crippen LogP contribution in [0, 0.1) is 5.92 Å². The Morgan fingerprint density at radius 2 is 1.89 bits per heavy atom. The summed E-state index contributed by atoms with van der Waals surface area (Å²) in [4.78, 5) is 12.7. The number of amides is 1. The molecule has 0 spiro atoms. The smallest absolute Gasteiger partial charge is 0.252 e. The summed E-state index contributed by atoms with van der Waals surface area (Å²) in [5, 5.41) is 4.96. The van der Waals surface area contributed by atoms with Crippen LogP contribution in [0.5, 0.6) is 11.5 Å². The molecule has 152 valence electrons. The number of ether oxygens (including phenoxy) is 2. The Hall–Kier alpha value is -1.81. The van der Waals surface area contributed by atoms with Gasteiger partial charge in [-0.25, -0.2) is 8.42 Å². The molecule has 2 heterocycles. The van der Waals surface area contributed by atoms with Crippen molar-refractivity contribution in [2.75, 3.05) is 32.6 Å². The summed E-state index contributed by atoms with van der Waals surface area (Å²) in [5.41, 5.74) is 0.461. The first-order valence-electron chi connectivity index (χ1n) is 8.63. The van der Waals surface area contributed by atoms with Crippen molar-refractivity contribution in [1.29, 1.82) is 0 Å². The van der Waals surface area contributed by atoms with Gasteiger partial charge in [0.05, 0.1) is 24.9 Å². The van der Waals surface area contributed by atoms with E-state index in [0.29, 0.717) is 52.3 Å². The summed E-state index contributed by atoms with van der Waals surface area (Å²) in [5.74, 6) is 0.378. The minimum absolute atomic E-state index is 0.184. The number of nitrogens with zero attached hydrogens (tertiary/aromatic N) is 1. The highest BCUT2D eigenvalue weighted by Crippen LogP contribution is 2.36. The molecular formula is C18H21ClN2O5S2. The lowest BCUT2D eigenvalue weighted by atomic mass is 9.97. The summed E-state index contributed by atoms with van der Waals surface area (Å²) in [7, 11) is -0.505. The van der Waals surface area contributed by atoms with Gasteiger partial charge in [0.1, 0.15) is 15.7 Å². The Bertz CT molecular complexity index is 939. The number of hydrogen-bond donors (Lipinski definition) is 1. The number of carbonyl (C=O) groups excluding carboxylic acids is 1. The maximum absolute atomic E-state index is 12.7. The number of hydrogen-bond acceptors (Lipinski definition) is 6. The number of thiophene rings is 1. The summed E-state index contributed by atoms with van der Waals surface area (Å²) in [6.45, 7) is 0.610. The molecule has 1 aromatic heterocycles. The van der Waals surface area contributed by atoms with Crippen LogP contribution in [0.1, 0.15) is 12.8 Å². The zero-order chi connectivity index (χ0) is 20.3. The fourth-order valence-electron chi connectivity index (χ4n) is 3.09. The van der Waals surface area contributed by atoms with Gasteiger partial charge in [-0.3, -0.25) is 4.79 Å². The summed E-state index contributed by atoms with van der Waals surface area (Å²) in [6, 6.07) is 6.49. The second kappa shape index (κ2) is 8.69. The van der Waals surface area contributed by atoms with Crippen molar-refractivity contribution in [3.05, 3.63) is 34.7 Å². The predicted octanol–water partition coefficient (Wildman–Crippen LogP) is 3.46. The van der Waals surface area contributed by atoms with E-state index in [1.54, 1.807) is 29.6 Å². The van der Waals surface area contributed by atoms with Crippen molar-refractivity contribution < 1.29 is 22.7 Å². The van der Waals surface area contributed by atoms with Crippen LogP contribution in [0.25, 0.3) is 0 Å². The first kappa shape index (κ1) is 20.9. The molecule has 1 N–H and O–H groups in total. The maximum Gasteiger partial charge on any atom is 0.252 e. The number of halogens is 1. The molecule has 1 aromatic carbocycles. The van der Waals surface area contributed by atoms with E-state index in [2.05, 4.69) is 5.32 Å². The van der Waals surface area contributed by atoms with Crippen molar-refractivity contribution in [2.45, 2.75) is 17.1 Å². The van der Waals surface area contributed by atoms with Gasteiger partial charge < -0.3 is 14.8 Å². The second-order valence-electron chi connectivity index (χ2n) is 6.29. The molecule has 1 fully saturated rings. The first-order valence-corrected chi connectivity index (χ1v) is 11.3. The van der Waals surface area contributed by atoms with E-state index in [1.165, 1.54) is 29.9 Å². The van der Waals surface area contributed by atoms with Crippen molar-refractivity contribution in [3.63, 3.8) is 0 Å². The zero-order valence-electron chi connectivity index (χ0n) is 15.5. The van der Waals surface area contributed by atoms with E-state index in [4.69, 9.17) is 21.1 Å². The van der Waals surface area contributed by atoms with Crippen LogP contribution in [0.2, 0.25) is 5.02 Å². The van der Waals surface area contributed by atoms with Crippen LogP contribution in [-0.4, -0.2) is 45.9 Å². The minimum atomic E-state index is -3.48. The number of methoxy groups -OCH3 is 2. The quantitative estimate of drug-likeness (QED) is 0.737. The lowest BCUT2D eigenvalue weighted by Crippen LogP contribution is -2.41. The van der Waals surface area contributed by atoms with Gasteiger partial charge in [-0.15, -0.1) is 11.3 Å². The number of nitrogens with one attached hydrogen (secondary N) is 1. The molecule has 0 bridgehead atoms. The van der Waals surface area contributed by atoms with Crippen molar-refractivity contribution in [1.82, 2.24) is 4.31 Å². The van der Waals surface area contributed by atoms with Gasteiger partial charge in [-0.2, -0.15) is 4.31 Å². The normalized spacial score (nSPS) is 16.0. The Kier molecular flexibility index (Phi) is 6.49. The average Bonchev–Trinajstić information content (AvgIpc) is 3.24. The van der Waals surface area contributed by atoms with Crippen molar-refractivity contribution in [3.8, 4) is 11.5 Å². The monoisotopic (exact) mass is 444 g/mol. The average molecular weight is 445 g/mol. The van der Waals surface area contributed by atoms with Gasteiger partial charge in [-0.1, -0.05) is 17.7 Å². The van der Waals surface area contributed by atoms with Crippen molar-refractivity contribution >= 4 is 44.6 Å². The molecule has 0 atom stereocenters. The number of anilines is 1. The van der Waals surface area contributed by atoms with Gasteiger partial charge in [0.25, 0.3) is 10.0 Å². The molecule has 28 heavy (non-hydrogen) atoms. The predicted molar refractivity (Wildman–Crippen MR) is 109 cm³/mol. The zero-order valence-corrected chi connectivity index (χ0v) is 17.9. The van der Waals surface area contributed by atoms with E-state index in [1.807, 2.05) is 0 Å². The highest BCUT2D eigenvalue weighted by atomic mass is 35.5. The number of rotatable bonds is 6. The van der Waals surface area contributed by atoms with Gasteiger partial charge in [-0.05, 0) is 24.3 Å². The number of sulfonamides is 1. The third-order valence-corrected chi connectivity index (χ3v) is 8.21. The molecule has 1 saturated heterocycles. The Morgan fingerprint density at radius 1 is 1.21 bits per heavy atom. The van der Waals surface area contributed by atoms with Gasteiger partial charge in [0, 0.05) is 31.1 Å². The summed E-state index contributed by atoms with van der Waals surface area (Å²) >= 11 is 7.28. The highest BCUT2D eigenvalue weighted by Gasteiger charge is 2.32. The molecule has 1 amide bonds.